The highest BCUT2D eigenvalue weighted by Gasteiger charge is 3.01. The Morgan fingerprint density at radius 1 is 1.08 bits per heavy atom. The highest BCUT2D eigenvalue weighted by Crippen LogP contribution is 2.81. The van der Waals surface area contributed by atoms with Crippen molar-refractivity contribution in [2.24, 2.45) is 17.3 Å². The van der Waals surface area contributed by atoms with Crippen molar-refractivity contribution < 1.29 is 48.0 Å². The molecule has 1 N–H and O–H groups in total. The molecular weight excluding hydrogens is 472 g/mol. The zero-order chi connectivity index (χ0) is 26.6. The molecule has 2 heterocycles. The van der Waals surface area contributed by atoms with Crippen LogP contribution in [-0.4, -0.2) is 69.7 Å². The summed E-state index contributed by atoms with van der Waals surface area (Å²) in [5.74, 6) is -3.47. The summed E-state index contributed by atoms with van der Waals surface area (Å²) in [7, 11) is 0. The van der Waals surface area contributed by atoms with Gasteiger partial charge in [0.2, 0.25) is 0 Å². The van der Waals surface area contributed by atoms with Crippen molar-refractivity contribution in [3.63, 3.8) is 0 Å². The first-order valence-electron chi connectivity index (χ1n) is 12.5. The monoisotopic (exact) mass is 506 g/mol. The zero-order valence-corrected chi connectivity index (χ0v) is 21.7. The third kappa shape index (κ3) is 2.59. The van der Waals surface area contributed by atoms with Crippen LogP contribution in [0.1, 0.15) is 67.7 Å². The molecule has 0 aromatic rings. The molecule has 5 rings (SSSR count). The van der Waals surface area contributed by atoms with Gasteiger partial charge < -0.3 is 28.8 Å². The van der Waals surface area contributed by atoms with Gasteiger partial charge in [-0.05, 0) is 38.7 Å². The Morgan fingerprint density at radius 2 is 1.72 bits per heavy atom. The first kappa shape index (κ1) is 25.2. The maximum absolute atomic E-state index is 13.0. The van der Waals surface area contributed by atoms with E-state index >= 15 is 0 Å². The number of ether oxygens (including phenoxy) is 5. The van der Waals surface area contributed by atoms with Gasteiger partial charge in [-0.15, -0.1) is 0 Å². The molecule has 0 amide bonds. The predicted octanol–water partition coefficient (Wildman–Crippen LogP) is 1.75. The van der Waals surface area contributed by atoms with Crippen molar-refractivity contribution in [2.75, 3.05) is 0 Å². The molecule has 10 heteroatoms. The molecule has 0 bridgehead atoms. The van der Waals surface area contributed by atoms with Crippen LogP contribution < -0.4 is 0 Å². The average molecular weight is 507 g/mol. The molecule has 1 spiro atoms. The van der Waals surface area contributed by atoms with Gasteiger partial charge in [-0.1, -0.05) is 19.4 Å². The van der Waals surface area contributed by atoms with Crippen molar-refractivity contribution in [3.05, 3.63) is 11.6 Å². The van der Waals surface area contributed by atoms with Crippen LogP contribution in [0.5, 0.6) is 0 Å². The number of carbonyl (C=O) groups excluding carboxylic acids is 4. The fraction of sp³-hybridized carbons (Fsp3) is 0.769. The summed E-state index contributed by atoms with van der Waals surface area (Å²) in [5, 5.41) is 13.0. The molecule has 0 aromatic heterocycles. The summed E-state index contributed by atoms with van der Waals surface area (Å²) in [5.41, 5.74) is -6.68. The highest BCUT2D eigenvalue weighted by atomic mass is 16.7. The highest BCUT2D eigenvalue weighted by molar-refractivity contribution is 5.90. The second kappa shape index (κ2) is 7.31. The Labute approximate surface area is 209 Å². The van der Waals surface area contributed by atoms with Crippen molar-refractivity contribution in [3.8, 4) is 0 Å². The number of rotatable bonds is 3. The summed E-state index contributed by atoms with van der Waals surface area (Å²) >= 11 is 0. The van der Waals surface area contributed by atoms with Gasteiger partial charge in [0.15, 0.2) is 22.9 Å². The maximum atomic E-state index is 13.0. The van der Waals surface area contributed by atoms with Crippen LogP contribution in [0.25, 0.3) is 0 Å². The number of esters is 4. The number of allylic oxidation sites excluding steroid dienone is 1. The fourth-order valence-electron chi connectivity index (χ4n) is 8.41. The van der Waals surface area contributed by atoms with Crippen LogP contribution in [0.4, 0.5) is 0 Å². The number of hydrogen-bond donors (Lipinski definition) is 1. The predicted molar refractivity (Wildman–Crippen MR) is 121 cm³/mol. The number of fused-ring (bicyclic) bond motifs is 4. The van der Waals surface area contributed by atoms with Crippen LogP contribution in [0.3, 0.4) is 0 Å². The van der Waals surface area contributed by atoms with Gasteiger partial charge in [0.1, 0.15) is 17.8 Å². The van der Waals surface area contributed by atoms with E-state index in [2.05, 4.69) is 0 Å². The molecule has 0 radical (unpaired) electrons. The minimum atomic E-state index is -1.92. The first-order chi connectivity index (χ1) is 16.6. The lowest BCUT2D eigenvalue weighted by Gasteiger charge is -2.77. The number of epoxide rings is 1. The summed E-state index contributed by atoms with van der Waals surface area (Å²) in [6.45, 7) is 11.0. The molecule has 4 fully saturated rings. The SMILES string of the molecule is CC(=O)OC1CC(OC(C)=O)C2(C)C(C1C)C1(O)C2(OC(C)=O)CCC(C)=CC2OC(=O)C3(C)OC231. The Balaban J connectivity index is 1.77. The van der Waals surface area contributed by atoms with Gasteiger partial charge in [0, 0.05) is 33.1 Å². The van der Waals surface area contributed by atoms with E-state index in [0.29, 0.717) is 6.42 Å². The van der Waals surface area contributed by atoms with Gasteiger partial charge >= 0.3 is 23.9 Å². The molecule has 198 valence electrons. The first-order valence-corrected chi connectivity index (χ1v) is 12.5. The molecular formula is C26H34O10. The molecule has 3 aliphatic carbocycles. The average Bonchev–Trinajstić information content (AvgIpc) is 3.35. The second-order valence-electron chi connectivity index (χ2n) is 11.5. The normalized spacial score (nSPS) is 50.3. The lowest BCUT2D eigenvalue weighted by atomic mass is 9.30. The summed E-state index contributed by atoms with van der Waals surface area (Å²) in [4.78, 5) is 49.8. The summed E-state index contributed by atoms with van der Waals surface area (Å²) < 4.78 is 29.5. The smallest absolute Gasteiger partial charge is 0.342 e. The molecule has 0 aromatic carbocycles. The Bertz CT molecular complexity index is 1100. The van der Waals surface area contributed by atoms with Crippen molar-refractivity contribution in [1.82, 2.24) is 0 Å². The molecule has 10 nitrogen and oxygen atoms in total. The number of hydrogen-bond acceptors (Lipinski definition) is 10. The van der Waals surface area contributed by atoms with Crippen molar-refractivity contribution in [2.45, 2.75) is 108 Å². The van der Waals surface area contributed by atoms with E-state index in [1.165, 1.54) is 20.8 Å². The lowest BCUT2D eigenvalue weighted by Crippen LogP contribution is -2.92. The van der Waals surface area contributed by atoms with E-state index in [-0.39, 0.29) is 12.8 Å². The molecule has 10 unspecified atom stereocenters. The third-order valence-corrected chi connectivity index (χ3v) is 9.68. The van der Waals surface area contributed by atoms with Crippen LogP contribution in [0.2, 0.25) is 0 Å². The van der Waals surface area contributed by atoms with Crippen LogP contribution in [-0.2, 0) is 42.9 Å². The Hall–Kier alpha value is -2.46. The van der Waals surface area contributed by atoms with Gasteiger partial charge in [-0.25, -0.2) is 4.79 Å². The number of carbonyl (C=O) groups is 4. The molecule has 2 saturated heterocycles. The van der Waals surface area contributed by atoms with E-state index in [4.69, 9.17) is 23.7 Å². The summed E-state index contributed by atoms with van der Waals surface area (Å²) in [6, 6.07) is 0. The summed E-state index contributed by atoms with van der Waals surface area (Å²) in [6.07, 6.45) is 0.170. The van der Waals surface area contributed by atoms with Crippen molar-refractivity contribution >= 4 is 23.9 Å². The standard InChI is InChI=1S/C26H34O10/c1-12-8-9-24(35-16(5)29)22(6)18(33-15(4)28)11-17(32-14(3)27)13(2)20(22)25(24,31)26-19(10-12)34-21(30)23(26,7)36-26/h10,13,17-20,31H,8-9,11H2,1-7H3. The van der Waals surface area contributed by atoms with Crippen LogP contribution >= 0.6 is 0 Å². The molecule has 10 atom stereocenters. The van der Waals surface area contributed by atoms with Crippen LogP contribution in [0.15, 0.2) is 11.6 Å². The molecule has 36 heavy (non-hydrogen) atoms. The molecule has 5 aliphatic rings. The fourth-order valence-corrected chi connectivity index (χ4v) is 8.41. The van der Waals surface area contributed by atoms with Gasteiger partial charge in [-0.3, -0.25) is 14.4 Å². The van der Waals surface area contributed by atoms with E-state index in [1.807, 2.05) is 20.8 Å². The maximum Gasteiger partial charge on any atom is 0.342 e. The van der Waals surface area contributed by atoms with E-state index in [9.17, 15) is 24.3 Å². The van der Waals surface area contributed by atoms with Crippen molar-refractivity contribution in [1.29, 1.82) is 0 Å². The molecule has 2 saturated carbocycles. The van der Waals surface area contributed by atoms with E-state index in [0.717, 1.165) is 5.57 Å². The minimum absolute atomic E-state index is 0.172. The quantitative estimate of drug-likeness (QED) is 0.261. The Morgan fingerprint density at radius 3 is 2.28 bits per heavy atom. The topological polar surface area (TPSA) is 138 Å². The minimum Gasteiger partial charge on any atom is -0.462 e. The van der Waals surface area contributed by atoms with E-state index < -0.39 is 81.8 Å². The zero-order valence-electron chi connectivity index (χ0n) is 21.7. The van der Waals surface area contributed by atoms with Gasteiger partial charge in [0.25, 0.3) is 0 Å². The van der Waals surface area contributed by atoms with E-state index in [1.54, 1.807) is 13.0 Å². The van der Waals surface area contributed by atoms with Gasteiger partial charge in [-0.2, -0.15) is 0 Å². The Kier molecular flexibility index (Phi) is 5.12. The molecule has 2 aliphatic heterocycles. The van der Waals surface area contributed by atoms with Crippen LogP contribution in [0, 0.1) is 17.3 Å². The lowest BCUT2D eigenvalue weighted by molar-refractivity contribution is -0.417. The second-order valence-corrected chi connectivity index (χ2v) is 11.5. The van der Waals surface area contributed by atoms with Gasteiger partial charge in [0.05, 0.1) is 5.41 Å². The third-order valence-electron chi connectivity index (χ3n) is 9.68. The number of aliphatic hydroxyl groups is 1. The largest absolute Gasteiger partial charge is 0.462 e.